The number of fused-ring (bicyclic) bond motifs is 1. The molecule has 0 spiro atoms. The van der Waals surface area contributed by atoms with Gasteiger partial charge in [-0.25, -0.2) is 0 Å². The third-order valence-electron chi connectivity index (χ3n) is 5.55. The maximum atomic E-state index is 12.3. The van der Waals surface area contributed by atoms with Gasteiger partial charge in [0, 0.05) is 38.0 Å². The summed E-state index contributed by atoms with van der Waals surface area (Å²) in [5.41, 5.74) is 2.41. The van der Waals surface area contributed by atoms with Gasteiger partial charge in [0.05, 0.1) is 19.8 Å². The predicted molar refractivity (Wildman–Crippen MR) is 123 cm³/mol. The van der Waals surface area contributed by atoms with Crippen molar-refractivity contribution >= 4 is 16.7 Å². The van der Waals surface area contributed by atoms with E-state index in [1.54, 1.807) is 0 Å². The fraction of sp³-hybridized carbons (Fsp3) is 0.346. The second-order valence-electron chi connectivity index (χ2n) is 7.91. The Bertz CT molecular complexity index is 993. The molecule has 0 atom stereocenters. The molecule has 1 N–H and O–H groups in total. The Balaban J connectivity index is 1.18. The monoisotopic (exact) mass is 418 g/mol. The van der Waals surface area contributed by atoms with Crippen LogP contribution in [0.2, 0.25) is 0 Å². The summed E-state index contributed by atoms with van der Waals surface area (Å²) < 4.78 is 11.3. The predicted octanol–water partition coefficient (Wildman–Crippen LogP) is 4.15. The fourth-order valence-corrected chi connectivity index (χ4v) is 3.88. The van der Waals surface area contributed by atoms with Crippen molar-refractivity contribution in [3.05, 3.63) is 77.9 Å². The summed E-state index contributed by atoms with van der Waals surface area (Å²) in [6.45, 7) is 5.57. The lowest BCUT2D eigenvalue weighted by Gasteiger charge is -2.26. The minimum Gasteiger partial charge on any atom is -0.493 e. The molecule has 1 aliphatic rings. The van der Waals surface area contributed by atoms with Crippen LogP contribution in [0.1, 0.15) is 24.0 Å². The van der Waals surface area contributed by atoms with E-state index < -0.39 is 0 Å². The highest BCUT2D eigenvalue weighted by Gasteiger charge is 2.11. The lowest BCUT2D eigenvalue weighted by Crippen LogP contribution is -2.35. The van der Waals surface area contributed by atoms with E-state index in [9.17, 15) is 4.79 Å². The van der Waals surface area contributed by atoms with Gasteiger partial charge in [-0.15, -0.1) is 0 Å². The molecule has 0 aliphatic carbocycles. The molecule has 4 rings (SSSR count). The molecule has 0 unspecified atom stereocenters. The first kappa shape index (κ1) is 21.3. The summed E-state index contributed by atoms with van der Waals surface area (Å²) in [5, 5.41) is 5.29. The molecule has 3 aromatic carbocycles. The number of rotatable bonds is 9. The Kier molecular flexibility index (Phi) is 7.53. The molecular formula is C26H30N2O3. The molecule has 5 nitrogen and oxygen atoms in total. The van der Waals surface area contributed by atoms with Crippen molar-refractivity contribution in [1.29, 1.82) is 0 Å². The molecule has 3 aromatic rings. The molecule has 1 saturated heterocycles. The second-order valence-corrected chi connectivity index (χ2v) is 7.91. The van der Waals surface area contributed by atoms with E-state index in [-0.39, 0.29) is 5.91 Å². The van der Waals surface area contributed by atoms with Crippen LogP contribution in [0.25, 0.3) is 10.8 Å². The van der Waals surface area contributed by atoms with Gasteiger partial charge in [0.15, 0.2) is 0 Å². The number of nitrogens with zero attached hydrogens (tertiary/aromatic N) is 1. The Morgan fingerprint density at radius 3 is 2.65 bits per heavy atom. The summed E-state index contributed by atoms with van der Waals surface area (Å²) >= 11 is 0. The molecular weight excluding hydrogens is 388 g/mol. The largest absolute Gasteiger partial charge is 0.493 e. The maximum Gasteiger partial charge on any atom is 0.220 e. The van der Waals surface area contributed by atoms with E-state index in [1.807, 2.05) is 24.3 Å². The first-order chi connectivity index (χ1) is 15.3. The van der Waals surface area contributed by atoms with Crippen LogP contribution in [0.4, 0.5) is 0 Å². The van der Waals surface area contributed by atoms with Gasteiger partial charge in [0.1, 0.15) is 5.75 Å². The summed E-state index contributed by atoms with van der Waals surface area (Å²) in [6.07, 6.45) is 1.14. The number of morpholine rings is 1. The van der Waals surface area contributed by atoms with Crippen LogP contribution in [0.15, 0.2) is 66.7 Å². The van der Waals surface area contributed by atoms with Crippen LogP contribution in [0, 0.1) is 0 Å². The number of carbonyl (C=O) groups excluding carboxylic acids is 1. The first-order valence-corrected chi connectivity index (χ1v) is 11.0. The van der Waals surface area contributed by atoms with Gasteiger partial charge in [0.25, 0.3) is 0 Å². The Morgan fingerprint density at radius 2 is 1.74 bits per heavy atom. The van der Waals surface area contributed by atoms with Gasteiger partial charge >= 0.3 is 0 Å². The number of hydrogen-bond donors (Lipinski definition) is 1. The Morgan fingerprint density at radius 1 is 0.968 bits per heavy atom. The summed E-state index contributed by atoms with van der Waals surface area (Å²) in [6, 6.07) is 22.7. The summed E-state index contributed by atoms with van der Waals surface area (Å²) in [7, 11) is 0. The highest BCUT2D eigenvalue weighted by atomic mass is 16.5. The van der Waals surface area contributed by atoms with Crippen molar-refractivity contribution in [3.63, 3.8) is 0 Å². The molecule has 1 aliphatic heterocycles. The van der Waals surface area contributed by atoms with Gasteiger partial charge in [-0.2, -0.15) is 0 Å². The molecule has 31 heavy (non-hydrogen) atoms. The van der Waals surface area contributed by atoms with Gasteiger partial charge in [0.2, 0.25) is 5.91 Å². The second kappa shape index (κ2) is 10.9. The molecule has 1 amide bonds. The number of ether oxygens (including phenoxy) is 2. The highest BCUT2D eigenvalue weighted by molar-refractivity contribution is 5.88. The Labute approximate surface area is 184 Å². The number of benzene rings is 3. The smallest absolute Gasteiger partial charge is 0.220 e. The van der Waals surface area contributed by atoms with E-state index in [2.05, 4.69) is 52.7 Å². The zero-order valence-corrected chi connectivity index (χ0v) is 17.9. The number of nitrogens with one attached hydrogen (secondary N) is 1. The third-order valence-corrected chi connectivity index (χ3v) is 5.55. The van der Waals surface area contributed by atoms with Crippen molar-refractivity contribution in [2.45, 2.75) is 25.9 Å². The van der Waals surface area contributed by atoms with Crippen molar-refractivity contribution in [3.8, 4) is 5.75 Å². The van der Waals surface area contributed by atoms with Gasteiger partial charge < -0.3 is 14.8 Å². The van der Waals surface area contributed by atoms with Gasteiger partial charge in [-0.3, -0.25) is 9.69 Å². The average molecular weight is 419 g/mol. The number of hydrogen-bond acceptors (Lipinski definition) is 4. The minimum atomic E-state index is 0.0557. The van der Waals surface area contributed by atoms with E-state index >= 15 is 0 Å². The van der Waals surface area contributed by atoms with Crippen molar-refractivity contribution in [2.24, 2.45) is 0 Å². The van der Waals surface area contributed by atoms with Crippen LogP contribution in [-0.2, 0) is 22.6 Å². The van der Waals surface area contributed by atoms with Crippen molar-refractivity contribution in [1.82, 2.24) is 10.2 Å². The molecule has 0 bridgehead atoms. The van der Waals surface area contributed by atoms with Crippen LogP contribution in [0.3, 0.4) is 0 Å². The number of carbonyl (C=O) groups is 1. The molecule has 1 heterocycles. The topological polar surface area (TPSA) is 50.8 Å². The van der Waals surface area contributed by atoms with Crippen molar-refractivity contribution < 1.29 is 14.3 Å². The first-order valence-electron chi connectivity index (χ1n) is 11.0. The van der Waals surface area contributed by atoms with Gasteiger partial charge in [-0.05, 0) is 29.0 Å². The third kappa shape index (κ3) is 6.29. The van der Waals surface area contributed by atoms with Crippen LogP contribution < -0.4 is 10.1 Å². The molecule has 0 radical (unpaired) electrons. The minimum absolute atomic E-state index is 0.0557. The quantitative estimate of drug-likeness (QED) is 0.531. The molecule has 0 saturated carbocycles. The zero-order chi connectivity index (χ0) is 21.3. The maximum absolute atomic E-state index is 12.3. The fourth-order valence-electron chi connectivity index (χ4n) is 3.88. The number of amides is 1. The average Bonchev–Trinajstić information content (AvgIpc) is 2.81. The standard InChI is InChI=1S/C26H30N2O3/c29-26(12-5-15-31-25-11-4-9-23-8-1-2-10-24(23)25)27-19-21-6-3-7-22(18-21)20-28-13-16-30-17-14-28/h1-4,6-11,18H,5,12-17,19-20H2,(H,27,29). The molecule has 1 fully saturated rings. The van der Waals surface area contributed by atoms with E-state index in [4.69, 9.17) is 9.47 Å². The summed E-state index contributed by atoms with van der Waals surface area (Å²) in [4.78, 5) is 14.7. The Hall–Kier alpha value is -2.89. The van der Waals surface area contributed by atoms with E-state index in [0.29, 0.717) is 26.0 Å². The van der Waals surface area contributed by atoms with Crippen LogP contribution >= 0.6 is 0 Å². The SMILES string of the molecule is O=C(CCCOc1cccc2ccccc12)NCc1cccc(CN2CCOCC2)c1. The summed E-state index contributed by atoms with van der Waals surface area (Å²) in [5.74, 6) is 0.927. The van der Waals surface area contributed by atoms with Crippen LogP contribution in [-0.4, -0.2) is 43.7 Å². The zero-order valence-electron chi connectivity index (χ0n) is 17.9. The normalized spacial score (nSPS) is 14.5. The lowest BCUT2D eigenvalue weighted by atomic mass is 10.1. The van der Waals surface area contributed by atoms with Crippen LogP contribution in [0.5, 0.6) is 5.75 Å². The van der Waals surface area contributed by atoms with E-state index in [1.165, 1.54) is 5.56 Å². The van der Waals surface area contributed by atoms with E-state index in [0.717, 1.165) is 54.9 Å². The molecule has 5 heteroatoms. The lowest BCUT2D eigenvalue weighted by molar-refractivity contribution is -0.121. The van der Waals surface area contributed by atoms with Crippen molar-refractivity contribution in [2.75, 3.05) is 32.9 Å². The molecule has 0 aromatic heterocycles. The highest BCUT2D eigenvalue weighted by Crippen LogP contribution is 2.25. The molecule has 162 valence electrons. The van der Waals surface area contributed by atoms with Gasteiger partial charge in [-0.1, -0.05) is 60.7 Å².